The van der Waals surface area contributed by atoms with E-state index in [4.69, 9.17) is 4.74 Å². The average Bonchev–Trinajstić information content (AvgIpc) is 2.82. The predicted octanol–water partition coefficient (Wildman–Crippen LogP) is 3.00. The fraction of sp³-hybridized carbons (Fsp3) is 0.571. The van der Waals surface area contributed by atoms with Gasteiger partial charge in [0.05, 0.1) is 6.61 Å². The van der Waals surface area contributed by atoms with Crippen molar-refractivity contribution >= 4 is 0 Å². The Hall–Kier alpha value is -1.09. The molecular weight excluding hydrogens is 217 g/mol. The normalized spacial score (nSPS) is 16.4. The van der Waals surface area contributed by atoms with Crippen LogP contribution in [0.5, 0.6) is 5.75 Å². The Morgan fingerprint density at radius 2 is 2.06 bits per heavy atom. The van der Waals surface area contributed by atoms with Crippen LogP contribution in [0.4, 0.5) is 4.39 Å². The van der Waals surface area contributed by atoms with E-state index in [0.29, 0.717) is 12.2 Å². The van der Waals surface area contributed by atoms with Gasteiger partial charge in [-0.1, -0.05) is 0 Å². The van der Waals surface area contributed by atoms with E-state index in [9.17, 15) is 4.39 Å². The van der Waals surface area contributed by atoms with Crippen LogP contribution < -0.4 is 4.74 Å². The van der Waals surface area contributed by atoms with Crippen LogP contribution in [-0.2, 0) is 0 Å². The Kier molecular flexibility index (Phi) is 4.37. The molecule has 1 aromatic carbocycles. The fourth-order valence-corrected chi connectivity index (χ4v) is 2.19. The number of ether oxygens (including phenoxy) is 1. The maximum Gasteiger partial charge on any atom is 0.126 e. The zero-order valence-corrected chi connectivity index (χ0v) is 10.4. The Morgan fingerprint density at radius 3 is 2.76 bits per heavy atom. The highest BCUT2D eigenvalue weighted by molar-refractivity contribution is 5.28. The Balaban J connectivity index is 1.68. The molecule has 1 aliphatic rings. The van der Waals surface area contributed by atoms with Crippen molar-refractivity contribution in [3.8, 4) is 5.75 Å². The first-order chi connectivity index (χ1) is 8.25. The monoisotopic (exact) mass is 237 g/mol. The molecule has 1 fully saturated rings. The quantitative estimate of drug-likeness (QED) is 0.730. The van der Waals surface area contributed by atoms with Crippen molar-refractivity contribution in [2.45, 2.75) is 26.2 Å². The number of hydrogen-bond acceptors (Lipinski definition) is 2. The van der Waals surface area contributed by atoms with E-state index in [1.807, 2.05) is 0 Å². The number of nitrogens with zero attached hydrogens (tertiary/aromatic N) is 1. The van der Waals surface area contributed by atoms with Crippen LogP contribution in [0.2, 0.25) is 0 Å². The molecule has 0 radical (unpaired) electrons. The average molecular weight is 237 g/mol. The SMILES string of the molecule is Cc1cc(OCCCN2CCCC2)ccc1F. The summed E-state index contributed by atoms with van der Waals surface area (Å²) >= 11 is 0. The first-order valence-corrected chi connectivity index (χ1v) is 6.37. The Morgan fingerprint density at radius 1 is 1.29 bits per heavy atom. The first kappa shape index (κ1) is 12.4. The molecule has 0 atom stereocenters. The van der Waals surface area contributed by atoms with Gasteiger partial charge in [-0.05, 0) is 63.0 Å². The summed E-state index contributed by atoms with van der Waals surface area (Å²) in [4.78, 5) is 2.47. The van der Waals surface area contributed by atoms with Crippen LogP contribution >= 0.6 is 0 Å². The lowest BCUT2D eigenvalue weighted by molar-refractivity contribution is 0.263. The van der Waals surface area contributed by atoms with Gasteiger partial charge in [0, 0.05) is 6.54 Å². The van der Waals surface area contributed by atoms with Gasteiger partial charge in [0.2, 0.25) is 0 Å². The molecule has 0 saturated carbocycles. The van der Waals surface area contributed by atoms with Crippen LogP contribution in [0, 0.1) is 12.7 Å². The summed E-state index contributed by atoms with van der Waals surface area (Å²) in [5.41, 5.74) is 0.641. The lowest BCUT2D eigenvalue weighted by atomic mass is 10.2. The first-order valence-electron chi connectivity index (χ1n) is 6.37. The molecule has 0 amide bonds. The molecule has 1 aliphatic heterocycles. The molecule has 0 N–H and O–H groups in total. The van der Waals surface area contributed by atoms with Crippen molar-refractivity contribution < 1.29 is 9.13 Å². The van der Waals surface area contributed by atoms with Gasteiger partial charge < -0.3 is 9.64 Å². The molecule has 0 unspecified atom stereocenters. The summed E-state index contributed by atoms with van der Waals surface area (Å²) < 4.78 is 18.6. The number of benzene rings is 1. The second-order valence-electron chi connectivity index (χ2n) is 4.66. The van der Waals surface area contributed by atoms with E-state index < -0.39 is 0 Å². The molecule has 2 nitrogen and oxygen atoms in total. The summed E-state index contributed by atoms with van der Waals surface area (Å²) in [6.45, 7) is 6.04. The second kappa shape index (κ2) is 6.01. The standard InChI is InChI=1S/C14H20FNO/c1-12-11-13(5-6-14(12)15)17-10-4-9-16-7-2-3-8-16/h5-6,11H,2-4,7-10H2,1H3. The van der Waals surface area contributed by atoms with Crippen LogP contribution in [0.25, 0.3) is 0 Å². The maximum atomic E-state index is 13.0. The van der Waals surface area contributed by atoms with Gasteiger partial charge >= 0.3 is 0 Å². The molecular formula is C14H20FNO. The molecule has 17 heavy (non-hydrogen) atoms. The number of aryl methyl sites for hydroxylation is 1. The van der Waals surface area contributed by atoms with Crippen molar-refractivity contribution in [1.82, 2.24) is 4.90 Å². The van der Waals surface area contributed by atoms with Crippen LogP contribution in [0.15, 0.2) is 18.2 Å². The lowest BCUT2D eigenvalue weighted by Crippen LogP contribution is -2.21. The topological polar surface area (TPSA) is 12.5 Å². The summed E-state index contributed by atoms with van der Waals surface area (Å²) in [6, 6.07) is 4.91. The second-order valence-corrected chi connectivity index (χ2v) is 4.66. The molecule has 1 saturated heterocycles. The summed E-state index contributed by atoms with van der Waals surface area (Å²) in [5, 5.41) is 0. The van der Waals surface area contributed by atoms with Crippen LogP contribution in [0.1, 0.15) is 24.8 Å². The maximum absolute atomic E-state index is 13.0. The van der Waals surface area contributed by atoms with E-state index in [0.717, 1.165) is 18.7 Å². The highest BCUT2D eigenvalue weighted by atomic mass is 19.1. The van der Waals surface area contributed by atoms with Gasteiger partial charge in [-0.25, -0.2) is 4.39 Å². The molecule has 3 heteroatoms. The highest BCUT2D eigenvalue weighted by Gasteiger charge is 2.10. The highest BCUT2D eigenvalue weighted by Crippen LogP contribution is 2.16. The van der Waals surface area contributed by atoms with Gasteiger partial charge in [-0.15, -0.1) is 0 Å². The van der Waals surface area contributed by atoms with E-state index in [-0.39, 0.29) is 5.82 Å². The van der Waals surface area contributed by atoms with Crippen molar-refractivity contribution in [2.75, 3.05) is 26.2 Å². The fourth-order valence-electron chi connectivity index (χ4n) is 2.19. The van der Waals surface area contributed by atoms with Gasteiger partial charge in [-0.3, -0.25) is 0 Å². The van der Waals surface area contributed by atoms with E-state index in [1.165, 1.54) is 32.0 Å². The van der Waals surface area contributed by atoms with Crippen molar-refractivity contribution in [3.63, 3.8) is 0 Å². The smallest absolute Gasteiger partial charge is 0.126 e. The van der Waals surface area contributed by atoms with E-state index in [1.54, 1.807) is 19.1 Å². The van der Waals surface area contributed by atoms with E-state index >= 15 is 0 Å². The summed E-state index contributed by atoms with van der Waals surface area (Å²) in [6.07, 6.45) is 3.70. The van der Waals surface area contributed by atoms with E-state index in [2.05, 4.69) is 4.90 Å². The third-order valence-electron chi connectivity index (χ3n) is 3.22. The largest absolute Gasteiger partial charge is 0.494 e. The van der Waals surface area contributed by atoms with Crippen molar-refractivity contribution in [3.05, 3.63) is 29.6 Å². The summed E-state index contributed by atoms with van der Waals surface area (Å²) in [7, 11) is 0. The van der Waals surface area contributed by atoms with Gasteiger partial charge in [0.15, 0.2) is 0 Å². The van der Waals surface area contributed by atoms with Crippen molar-refractivity contribution in [2.24, 2.45) is 0 Å². The molecule has 1 aromatic rings. The number of halogens is 1. The van der Waals surface area contributed by atoms with Gasteiger partial charge in [0.1, 0.15) is 11.6 Å². The minimum atomic E-state index is -0.172. The minimum Gasteiger partial charge on any atom is -0.494 e. The van der Waals surface area contributed by atoms with Gasteiger partial charge in [0.25, 0.3) is 0 Å². The zero-order valence-electron chi connectivity index (χ0n) is 10.4. The Bertz CT molecular complexity index is 361. The van der Waals surface area contributed by atoms with Crippen molar-refractivity contribution in [1.29, 1.82) is 0 Å². The number of likely N-dealkylation sites (tertiary alicyclic amines) is 1. The predicted molar refractivity (Wildman–Crippen MR) is 66.9 cm³/mol. The zero-order chi connectivity index (χ0) is 12.1. The minimum absolute atomic E-state index is 0.172. The van der Waals surface area contributed by atoms with Gasteiger partial charge in [-0.2, -0.15) is 0 Å². The van der Waals surface area contributed by atoms with Crippen LogP contribution in [0.3, 0.4) is 0 Å². The van der Waals surface area contributed by atoms with Crippen LogP contribution in [-0.4, -0.2) is 31.1 Å². The molecule has 1 heterocycles. The molecule has 0 aromatic heterocycles. The number of hydrogen-bond donors (Lipinski definition) is 0. The molecule has 0 bridgehead atoms. The number of rotatable bonds is 5. The molecule has 0 spiro atoms. The third kappa shape index (κ3) is 3.70. The molecule has 2 rings (SSSR count). The molecule has 94 valence electrons. The lowest BCUT2D eigenvalue weighted by Gasteiger charge is -2.14. The Labute approximate surface area is 102 Å². The third-order valence-corrected chi connectivity index (χ3v) is 3.22. The summed E-state index contributed by atoms with van der Waals surface area (Å²) in [5.74, 6) is 0.597. The molecule has 0 aliphatic carbocycles.